The zero-order valence-corrected chi connectivity index (χ0v) is 10.4. The number of hydrogen-bond acceptors (Lipinski definition) is 4. The van der Waals surface area contributed by atoms with Crippen molar-refractivity contribution in [1.29, 1.82) is 0 Å². The second-order valence-electron chi connectivity index (χ2n) is 4.03. The number of hydrogen-bond donors (Lipinski definition) is 0. The summed E-state index contributed by atoms with van der Waals surface area (Å²) in [5.74, 6) is 1.01. The van der Waals surface area contributed by atoms with Crippen LogP contribution < -0.4 is 4.90 Å². The molecular weight excluding hydrogens is 230 g/mol. The summed E-state index contributed by atoms with van der Waals surface area (Å²) in [5.41, 5.74) is 2.80. The molecule has 0 amide bonds. The van der Waals surface area contributed by atoms with Gasteiger partial charge < -0.3 is 4.90 Å². The molecule has 1 aromatic carbocycles. The summed E-state index contributed by atoms with van der Waals surface area (Å²) < 4.78 is 0. The number of rotatable bonds is 2. The van der Waals surface area contributed by atoms with E-state index in [0.717, 1.165) is 24.1 Å². The van der Waals surface area contributed by atoms with Crippen LogP contribution in [0.15, 0.2) is 41.7 Å². The minimum atomic E-state index is 0.832. The first kappa shape index (κ1) is 10.6. The predicted octanol–water partition coefficient (Wildman–Crippen LogP) is 2.72. The second-order valence-corrected chi connectivity index (χ2v) is 4.80. The quantitative estimate of drug-likeness (QED) is 0.599. The van der Waals surface area contributed by atoms with Gasteiger partial charge in [-0.3, -0.25) is 0 Å². The third-order valence-corrected chi connectivity index (χ3v) is 3.53. The Morgan fingerprint density at radius 3 is 2.47 bits per heavy atom. The Balaban J connectivity index is 1.88. The Labute approximate surface area is 105 Å². The molecule has 86 valence electrons. The van der Waals surface area contributed by atoms with Gasteiger partial charge in [-0.25, -0.2) is 9.97 Å². The summed E-state index contributed by atoms with van der Waals surface area (Å²) in [5, 5.41) is 0.832. The Morgan fingerprint density at radius 1 is 1.12 bits per heavy atom. The van der Waals surface area contributed by atoms with E-state index in [-0.39, 0.29) is 0 Å². The second kappa shape index (κ2) is 4.37. The monoisotopic (exact) mass is 243 g/mol. The van der Waals surface area contributed by atoms with Crippen molar-refractivity contribution in [3.8, 4) is 0 Å². The van der Waals surface area contributed by atoms with E-state index in [9.17, 15) is 0 Å². The highest BCUT2D eigenvalue weighted by atomic mass is 32.2. The number of aromatic nitrogens is 2. The van der Waals surface area contributed by atoms with Gasteiger partial charge in [-0.1, -0.05) is 36.0 Å². The van der Waals surface area contributed by atoms with E-state index in [4.69, 9.17) is 0 Å². The standard InChI is InChI=1S/C13H13N3S/c1-17-13-14-7-6-12(15-13)16-8-10-4-2-3-5-11(10)9-16/h2-7H,8-9H2,1H3. The molecule has 0 fully saturated rings. The number of thioether (sulfide) groups is 1. The van der Waals surface area contributed by atoms with Crippen LogP contribution in [0.2, 0.25) is 0 Å². The maximum absolute atomic E-state index is 4.53. The Kier molecular flexibility index (Phi) is 2.73. The van der Waals surface area contributed by atoms with Crippen molar-refractivity contribution in [3.05, 3.63) is 47.7 Å². The molecule has 1 aliphatic heterocycles. The zero-order chi connectivity index (χ0) is 11.7. The molecule has 17 heavy (non-hydrogen) atoms. The number of benzene rings is 1. The fraction of sp³-hybridized carbons (Fsp3) is 0.231. The molecule has 3 nitrogen and oxygen atoms in total. The van der Waals surface area contributed by atoms with Crippen molar-refractivity contribution in [1.82, 2.24) is 9.97 Å². The lowest BCUT2D eigenvalue weighted by Gasteiger charge is -2.16. The first-order valence-electron chi connectivity index (χ1n) is 5.55. The Hall–Kier alpha value is -1.55. The molecule has 0 unspecified atom stereocenters. The highest BCUT2D eigenvalue weighted by Gasteiger charge is 2.19. The third kappa shape index (κ3) is 2.00. The average Bonchev–Trinajstić information content (AvgIpc) is 2.82. The lowest BCUT2D eigenvalue weighted by molar-refractivity contribution is 0.825. The van der Waals surface area contributed by atoms with Crippen LogP contribution in [-0.2, 0) is 13.1 Å². The van der Waals surface area contributed by atoms with Gasteiger partial charge in [0.25, 0.3) is 0 Å². The predicted molar refractivity (Wildman–Crippen MR) is 70.1 cm³/mol. The molecule has 0 spiro atoms. The van der Waals surface area contributed by atoms with Crippen molar-refractivity contribution in [3.63, 3.8) is 0 Å². The van der Waals surface area contributed by atoms with Gasteiger partial charge in [0.2, 0.25) is 0 Å². The molecule has 0 aliphatic carbocycles. The molecule has 0 saturated carbocycles. The molecule has 0 radical (unpaired) electrons. The molecule has 1 aliphatic rings. The van der Waals surface area contributed by atoms with Gasteiger partial charge >= 0.3 is 0 Å². The summed E-state index contributed by atoms with van der Waals surface area (Å²) >= 11 is 1.58. The Morgan fingerprint density at radius 2 is 1.82 bits per heavy atom. The van der Waals surface area contributed by atoms with Crippen molar-refractivity contribution in [2.75, 3.05) is 11.2 Å². The first-order chi connectivity index (χ1) is 8.36. The van der Waals surface area contributed by atoms with Crippen LogP contribution in [0.5, 0.6) is 0 Å². The van der Waals surface area contributed by atoms with Gasteiger partial charge in [0.15, 0.2) is 5.16 Å². The van der Waals surface area contributed by atoms with Crippen LogP contribution in [0.3, 0.4) is 0 Å². The van der Waals surface area contributed by atoms with Crippen molar-refractivity contribution in [2.24, 2.45) is 0 Å². The molecule has 2 aromatic rings. The summed E-state index contributed by atoms with van der Waals surface area (Å²) in [6.07, 6.45) is 3.83. The summed E-state index contributed by atoms with van der Waals surface area (Å²) in [6, 6.07) is 10.5. The van der Waals surface area contributed by atoms with E-state index in [1.54, 1.807) is 11.8 Å². The minimum Gasteiger partial charge on any atom is -0.348 e. The number of fused-ring (bicyclic) bond motifs is 1. The summed E-state index contributed by atoms with van der Waals surface area (Å²) in [7, 11) is 0. The largest absolute Gasteiger partial charge is 0.348 e. The SMILES string of the molecule is CSc1nccc(N2Cc3ccccc3C2)n1. The van der Waals surface area contributed by atoms with Gasteiger partial charge in [0.1, 0.15) is 5.82 Å². The normalized spacial score (nSPS) is 13.8. The van der Waals surface area contributed by atoms with Crippen LogP contribution >= 0.6 is 11.8 Å². The summed E-state index contributed by atoms with van der Waals surface area (Å²) in [6.45, 7) is 1.89. The molecule has 3 rings (SSSR count). The van der Waals surface area contributed by atoms with E-state index in [1.807, 2.05) is 18.5 Å². The van der Waals surface area contributed by atoms with Gasteiger partial charge in [-0.05, 0) is 23.4 Å². The maximum Gasteiger partial charge on any atom is 0.189 e. The molecular formula is C13H13N3S. The number of nitrogens with zero attached hydrogens (tertiary/aromatic N) is 3. The first-order valence-corrected chi connectivity index (χ1v) is 6.78. The summed E-state index contributed by atoms with van der Waals surface area (Å²) in [4.78, 5) is 11.0. The average molecular weight is 243 g/mol. The molecule has 1 aromatic heterocycles. The van der Waals surface area contributed by atoms with E-state index >= 15 is 0 Å². The van der Waals surface area contributed by atoms with Crippen LogP contribution in [0.1, 0.15) is 11.1 Å². The van der Waals surface area contributed by atoms with E-state index < -0.39 is 0 Å². The topological polar surface area (TPSA) is 29.0 Å². The lowest BCUT2D eigenvalue weighted by atomic mass is 10.1. The van der Waals surface area contributed by atoms with Crippen LogP contribution in [0, 0.1) is 0 Å². The smallest absolute Gasteiger partial charge is 0.189 e. The minimum absolute atomic E-state index is 0.832. The van der Waals surface area contributed by atoms with Crippen molar-refractivity contribution < 1.29 is 0 Å². The van der Waals surface area contributed by atoms with Crippen LogP contribution in [0.25, 0.3) is 0 Å². The van der Waals surface area contributed by atoms with Crippen molar-refractivity contribution >= 4 is 17.6 Å². The third-order valence-electron chi connectivity index (χ3n) is 2.97. The van der Waals surface area contributed by atoms with Crippen LogP contribution in [-0.4, -0.2) is 16.2 Å². The fourth-order valence-corrected chi connectivity index (χ4v) is 2.45. The lowest BCUT2D eigenvalue weighted by Crippen LogP contribution is -2.16. The van der Waals surface area contributed by atoms with Gasteiger partial charge in [-0.15, -0.1) is 0 Å². The van der Waals surface area contributed by atoms with Crippen molar-refractivity contribution in [2.45, 2.75) is 18.2 Å². The van der Waals surface area contributed by atoms with Gasteiger partial charge in [0.05, 0.1) is 0 Å². The molecule has 0 saturated heterocycles. The fourth-order valence-electron chi connectivity index (χ4n) is 2.10. The molecule has 2 heterocycles. The molecule has 4 heteroatoms. The molecule has 0 atom stereocenters. The Bertz CT molecular complexity index is 517. The molecule has 0 N–H and O–H groups in total. The number of anilines is 1. The van der Waals surface area contributed by atoms with E-state index in [1.165, 1.54) is 11.1 Å². The van der Waals surface area contributed by atoms with Gasteiger partial charge in [0, 0.05) is 19.3 Å². The van der Waals surface area contributed by atoms with E-state index in [0.29, 0.717) is 0 Å². The highest BCUT2D eigenvalue weighted by molar-refractivity contribution is 7.98. The highest BCUT2D eigenvalue weighted by Crippen LogP contribution is 2.27. The van der Waals surface area contributed by atoms with Crippen LogP contribution in [0.4, 0.5) is 5.82 Å². The zero-order valence-electron chi connectivity index (χ0n) is 9.63. The molecule has 0 bridgehead atoms. The van der Waals surface area contributed by atoms with E-state index in [2.05, 4.69) is 39.1 Å². The maximum atomic E-state index is 4.53. The van der Waals surface area contributed by atoms with Gasteiger partial charge in [-0.2, -0.15) is 0 Å².